The third-order valence-electron chi connectivity index (χ3n) is 4.52. The Hall–Kier alpha value is -1.55. The van der Waals surface area contributed by atoms with Gasteiger partial charge in [0, 0.05) is 13.1 Å². The number of methoxy groups -OCH3 is 1. The molecular formula is C17H26N2O2. The van der Waals surface area contributed by atoms with E-state index < -0.39 is 0 Å². The molecule has 1 heterocycles. The van der Waals surface area contributed by atoms with Crippen LogP contribution in [-0.2, 0) is 11.2 Å². The first-order chi connectivity index (χ1) is 10.0. The van der Waals surface area contributed by atoms with Gasteiger partial charge in [-0.3, -0.25) is 4.79 Å². The van der Waals surface area contributed by atoms with Crippen LogP contribution in [0, 0.1) is 5.92 Å². The molecule has 1 saturated heterocycles. The van der Waals surface area contributed by atoms with Gasteiger partial charge in [-0.2, -0.15) is 0 Å². The molecule has 2 rings (SSSR count). The van der Waals surface area contributed by atoms with Gasteiger partial charge in [-0.15, -0.1) is 0 Å². The van der Waals surface area contributed by atoms with Gasteiger partial charge in [0.25, 0.3) is 0 Å². The fourth-order valence-electron chi connectivity index (χ4n) is 2.93. The molecule has 116 valence electrons. The van der Waals surface area contributed by atoms with E-state index in [-0.39, 0.29) is 18.0 Å². The number of hydrogen-bond acceptors (Lipinski definition) is 3. The fraction of sp³-hybridized carbons (Fsp3) is 0.588. The van der Waals surface area contributed by atoms with Crippen molar-refractivity contribution in [1.82, 2.24) is 10.2 Å². The average Bonchev–Trinajstić information content (AvgIpc) is 2.92. The lowest BCUT2D eigenvalue weighted by Crippen LogP contribution is -2.48. The Morgan fingerprint density at radius 3 is 2.81 bits per heavy atom. The molecule has 1 aromatic rings. The third-order valence-corrected chi connectivity index (χ3v) is 4.52. The number of rotatable bonds is 5. The molecular weight excluding hydrogens is 264 g/mol. The standard InChI is InChI=1S/C17H26N2O2/c1-12-9-10-18-16(12)17(20)19(3)13(2)11-14-7-5-6-8-15(14)21-4/h5-8,12-13,16,18H,9-11H2,1-4H3. The first-order valence-electron chi connectivity index (χ1n) is 7.66. The number of para-hydroxylation sites is 1. The normalized spacial score (nSPS) is 22.9. The number of hydrogen-bond donors (Lipinski definition) is 1. The first kappa shape index (κ1) is 15.8. The van der Waals surface area contributed by atoms with Gasteiger partial charge in [-0.1, -0.05) is 25.1 Å². The van der Waals surface area contributed by atoms with Gasteiger partial charge in [-0.25, -0.2) is 0 Å². The van der Waals surface area contributed by atoms with Gasteiger partial charge in [-0.05, 0) is 43.9 Å². The van der Waals surface area contributed by atoms with Crippen molar-refractivity contribution in [2.75, 3.05) is 20.7 Å². The summed E-state index contributed by atoms with van der Waals surface area (Å²) in [6.45, 7) is 5.16. The Bertz CT molecular complexity index is 489. The second-order valence-corrected chi connectivity index (χ2v) is 6.01. The van der Waals surface area contributed by atoms with Crippen molar-refractivity contribution in [3.05, 3.63) is 29.8 Å². The van der Waals surface area contributed by atoms with Crippen LogP contribution in [0.25, 0.3) is 0 Å². The summed E-state index contributed by atoms with van der Waals surface area (Å²) in [5.41, 5.74) is 1.14. The number of ether oxygens (including phenoxy) is 1. The van der Waals surface area contributed by atoms with Crippen LogP contribution < -0.4 is 10.1 Å². The predicted octanol–water partition coefficient (Wildman–Crippen LogP) is 2.08. The van der Waals surface area contributed by atoms with E-state index in [2.05, 4.69) is 25.2 Å². The van der Waals surface area contributed by atoms with Crippen molar-refractivity contribution in [2.45, 2.75) is 38.8 Å². The van der Waals surface area contributed by atoms with E-state index in [1.807, 2.05) is 30.1 Å². The molecule has 1 fully saturated rings. The Kier molecular flexibility index (Phi) is 5.23. The van der Waals surface area contributed by atoms with Crippen LogP contribution in [0.2, 0.25) is 0 Å². The summed E-state index contributed by atoms with van der Waals surface area (Å²) in [6.07, 6.45) is 1.87. The van der Waals surface area contributed by atoms with Crippen LogP contribution in [0.3, 0.4) is 0 Å². The number of nitrogens with one attached hydrogen (secondary N) is 1. The highest BCUT2D eigenvalue weighted by Crippen LogP contribution is 2.22. The maximum absolute atomic E-state index is 12.6. The fourth-order valence-corrected chi connectivity index (χ4v) is 2.93. The van der Waals surface area contributed by atoms with Gasteiger partial charge in [0.2, 0.25) is 5.91 Å². The van der Waals surface area contributed by atoms with E-state index in [4.69, 9.17) is 4.74 Å². The van der Waals surface area contributed by atoms with Crippen molar-refractivity contribution < 1.29 is 9.53 Å². The molecule has 0 aromatic heterocycles. The highest BCUT2D eigenvalue weighted by Gasteiger charge is 2.32. The van der Waals surface area contributed by atoms with Crippen LogP contribution >= 0.6 is 0 Å². The van der Waals surface area contributed by atoms with Crippen molar-refractivity contribution in [3.8, 4) is 5.75 Å². The number of nitrogens with zero attached hydrogens (tertiary/aromatic N) is 1. The van der Waals surface area contributed by atoms with Crippen LogP contribution in [0.1, 0.15) is 25.8 Å². The molecule has 3 unspecified atom stereocenters. The van der Waals surface area contributed by atoms with Crippen molar-refractivity contribution in [2.24, 2.45) is 5.92 Å². The summed E-state index contributed by atoms with van der Waals surface area (Å²) in [5.74, 6) is 1.50. The smallest absolute Gasteiger partial charge is 0.239 e. The zero-order chi connectivity index (χ0) is 15.4. The summed E-state index contributed by atoms with van der Waals surface area (Å²) in [4.78, 5) is 14.4. The predicted molar refractivity (Wildman–Crippen MR) is 84.5 cm³/mol. The number of amides is 1. The van der Waals surface area contributed by atoms with Gasteiger partial charge in [0.15, 0.2) is 0 Å². The molecule has 3 atom stereocenters. The Morgan fingerprint density at radius 2 is 2.19 bits per heavy atom. The molecule has 1 aliphatic heterocycles. The van der Waals surface area contributed by atoms with Crippen LogP contribution in [0.15, 0.2) is 24.3 Å². The first-order valence-corrected chi connectivity index (χ1v) is 7.66. The summed E-state index contributed by atoms with van der Waals surface area (Å²) in [7, 11) is 3.58. The monoisotopic (exact) mass is 290 g/mol. The van der Waals surface area contributed by atoms with E-state index in [1.54, 1.807) is 7.11 Å². The molecule has 0 saturated carbocycles. The van der Waals surface area contributed by atoms with Crippen LogP contribution in [-0.4, -0.2) is 43.6 Å². The SMILES string of the molecule is COc1ccccc1CC(C)N(C)C(=O)C1NCCC1C. The summed E-state index contributed by atoms with van der Waals surface area (Å²) in [6, 6.07) is 8.10. The Morgan fingerprint density at radius 1 is 1.48 bits per heavy atom. The van der Waals surface area contributed by atoms with E-state index in [0.717, 1.165) is 30.7 Å². The van der Waals surface area contributed by atoms with E-state index >= 15 is 0 Å². The van der Waals surface area contributed by atoms with Crippen molar-refractivity contribution in [3.63, 3.8) is 0 Å². The molecule has 1 amide bonds. The molecule has 4 heteroatoms. The molecule has 21 heavy (non-hydrogen) atoms. The molecule has 1 aromatic carbocycles. The second kappa shape index (κ2) is 6.94. The van der Waals surface area contributed by atoms with Gasteiger partial charge in [0.05, 0.1) is 13.2 Å². The lowest BCUT2D eigenvalue weighted by atomic mass is 10.00. The molecule has 1 N–H and O–H groups in total. The zero-order valence-electron chi connectivity index (χ0n) is 13.4. The highest BCUT2D eigenvalue weighted by atomic mass is 16.5. The Balaban J connectivity index is 2.02. The van der Waals surface area contributed by atoms with Crippen molar-refractivity contribution in [1.29, 1.82) is 0 Å². The number of carbonyl (C=O) groups is 1. The lowest BCUT2D eigenvalue weighted by molar-refractivity contribution is -0.134. The van der Waals surface area contributed by atoms with Crippen LogP contribution in [0.5, 0.6) is 5.75 Å². The highest BCUT2D eigenvalue weighted by molar-refractivity contribution is 5.82. The van der Waals surface area contributed by atoms with Crippen LogP contribution in [0.4, 0.5) is 0 Å². The van der Waals surface area contributed by atoms with Gasteiger partial charge < -0.3 is 15.0 Å². The zero-order valence-corrected chi connectivity index (χ0v) is 13.4. The second-order valence-electron chi connectivity index (χ2n) is 6.01. The molecule has 0 bridgehead atoms. The molecule has 1 aliphatic rings. The number of carbonyl (C=O) groups excluding carboxylic acids is 1. The van der Waals surface area contributed by atoms with E-state index in [0.29, 0.717) is 5.92 Å². The lowest BCUT2D eigenvalue weighted by Gasteiger charge is -2.29. The summed E-state index contributed by atoms with van der Waals surface area (Å²) in [5, 5.41) is 3.31. The number of benzene rings is 1. The summed E-state index contributed by atoms with van der Waals surface area (Å²) >= 11 is 0. The minimum Gasteiger partial charge on any atom is -0.496 e. The quantitative estimate of drug-likeness (QED) is 0.903. The minimum atomic E-state index is -0.0323. The average molecular weight is 290 g/mol. The molecule has 0 spiro atoms. The number of likely N-dealkylation sites (N-methyl/N-ethyl adjacent to an activating group) is 1. The van der Waals surface area contributed by atoms with E-state index in [1.165, 1.54) is 0 Å². The summed E-state index contributed by atoms with van der Waals surface area (Å²) < 4.78 is 5.39. The molecule has 4 nitrogen and oxygen atoms in total. The van der Waals surface area contributed by atoms with Crippen molar-refractivity contribution >= 4 is 5.91 Å². The topological polar surface area (TPSA) is 41.6 Å². The van der Waals surface area contributed by atoms with Gasteiger partial charge in [0.1, 0.15) is 5.75 Å². The Labute approximate surface area is 127 Å². The van der Waals surface area contributed by atoms with Gasteiger partial charge >= 0.3 is 0 Å². The maximum Gasteiger partial charge on any atom is 0.239 e. The maximum atomic E-state index is 12.6. The molecule has 0 radical (unpaired) electrons. The largest absolute Gasteiger partial charge is 0.496 e. The minimum absolute atomic E-state index is 0.0323. The molecule has 0 aliphatic carbocycles. The van der Waals surface area contributed by atoms with E-state index in [9.17, 15) is 4.79 Å². The third kappa shape index (κ3) is 3.56.